The van der Waals surface area contributed by atoms with Gasteiger partial charge < -0.3 is 9.47 Å². The van der Waals surface area contributed by atoms with Gasteiger partial charge in [0.15, 0.2) is 0 Å². The molecular weight excluding hydrogens is 156 g/mol. The van der Waals surface area contributed by atoms with Gasteiger partial charge in [-0.3, -0.25) is 4.79 Å². The highest BCUT2D eigenvalue weighted by Crippen LogP contribution is 2.04. The first kappa shape index (κ1) is 11.4. The highest BCUT2D eigenvalue weighted by atomic mass is 16.5. The van der Waals surface area contributed by atoms with Crippen LogP contribution in [0.3, 0.4) is 0 Å². The molecular formula is C9H18O3. The first-order valence-electron chi connectivity index (χ1n) is 4.31. The zero-order valence-corrected chi connectivity index (χ0v) is 8.29. The minimum Gasteiger partial charge on any atom is -0.462 e. The summed E-state index contributed by atoms with van der Waals surface area (Å²) in [5.41, 5.74) is 0. The van der Waals surface area contributed by atoms with Gasteiger partial charge in [-0.05, 0) is 20.3 Å². The van der Waals surface area contributed by atoms with Crippen LogP contribution in [0.25, 0.3) is 0 Å². The van der Waals surface area contributed by atoms with Crippen LogP contribution < -0.4 is 0 Å². The molecule has 0 aromatic heterocycles. The number of hydrogen-bond donors (Lipinski definition) is 0. The molecule has 0 N–H and O–H groups in total. The van der Waals surface area contributed by atoms with E-state index >= 15 is 0 Å². The Bertz CT molecular complexity index is 134. The second kappa shape index (κ2) is 6.00. The van der Waals surface area contributed by atoms with E-state index in [4.69, 9.17) is 9.47 Å². The number of rotatable bonds is 5. The molecule has 0 aliphatic carbocycles. The lowest BCUT2D eigenvalue weighted by atomic mass is 10.2. The molecule has 0 aromatic rings. The molecule has 0 saturated carbocycles. The van der Waals surface area contributed by atoms with Crippen molar-refractivity contribution in [2.75, 3.05) is 13.7 Å². The van der Waals surface area contributed by atoms with Crippen LogP contribution in [0.2, 0.25) is 0 Å². The summed E-state index contributed by atoms with van der Waals surface area (Å²) in [5.74, 6) is -0.338. The summed E-state index contributed by atoms with van der Waals surface area (Å²) in [6, 6.07) is 0. The van der Waals surface area contributed by atoms with E-state index in [0.717, 1.165) is 6.42 Å². The maximum Gasteiger partial charge on any atom is 0.311 e. The van der Waals surface area contributed by atoms with Gasteiger partial charge in [0.2, 0.25) is 0 Å². The van der Waals surface area contributed by atoms with Gasteiger partial charge in [-0.1, -0.05) is 6.92 Å². The number of carbonyl (C=O) groups excluding carboxylic acids is 1. The molecule has 72 valence electrons. The molecule has 0 heterocycles. The number of carbonyl (C=O) groups is 1. The van der Waals surface area contributed by atoms with Gasteiger partial charge in [0.05, 0.1) is 18.6 Å². The fraction of sp³-hybridized carbons (Fsp3) is 0.889. The van der Waals surface area contributed by atoms with Gasteiger partial charge in [-0.2, -0.15) is 0 Å². The second-order valence-electron chi connectivity index (χ2n) is 3.01. The largest absolute Gasteiger partial charge is 0.462 e. The van der Waals surface area contributed by atoms with E-state index in [-0.39, 0.29) is 18.0 Å². The molecule has 3 nitrogen and oxygen atoms in total. The molecule has 0 aliphatic rings. The second-order valence-corrected chi connectivity index (χ2v) is 3.01. The van der Waals surface area contributed by atoms with Crippen LogP contribution in [-0.4, -0.2) is 25.8 Å². The molecule has 0 bridgehead atoms. The minimum atomic E-state index is -0.175. The average Bonchev–Trinajstić information content (AvgIpc) is 2.04. The maximum atomic E-state index is 11.2. The SMILES string of the molecule is CCC(C)OC(=O)C(C)COC. The molecule has 0 aromatic carbocycles. The van der Waals surface area contributed by atoms with Crippen molar-refractivity contribution in [2.24, 2.45) is 5.92 Å². The molecule has 0 rings (SSSR count). The van der Waals surface area contributed by atoms with Gasteiger partial charge in [0.1, 0.15) is 0 Å². The summed E-state index contributed by atoms with van der Waals surface area (Å²) in [7, 11) is 1.58. The predicted octanol–water partition coefficient (Wildman–Crippen LogP) is 1.61. The topological polar surface area (TPSA) is 35.5 Å². The molecule has 0 saturated heterocycles. The van der Waals surface area contributed by atoms with Gasteiger partial charge in [0.25, 0.3) is 0 Å². The van der Waals surface area contributed by atoms with E-state index in [2.05, 4.69) is 0 Å². The molecule has 0 aliphatic heterocycles. The van der Waals surface area contributed by atoms with Crippen LogP contribution in [0.15, 0.2) is 0 Å². The first-order valence-corrected chi connectivity index (χ1v) is 4.31. The lowest BCUT2D eigenvalue weighted by molar-refractivity contribution is -0.154. The van der Waals surface area contributed by atoms with E-state index in [1.165, 1.54) is 0 Å². The third kappa shape index (κ3) is 4.34. The highest BCUT2D eigenvalue weighted by Gasteiger charge is 2.15. The maximum absolute atomic E-state index is 11.2. The quantitative estimate of drug-likeness (QED) is 0.594. The number of methoxy groups -OCH3 is 1. The van der Waals surface area contributed by atoms with Crippen molar-refractivity contribution < 1.29 is 14.3 Å². The third-order valence-corrected chi connectivity index (χ3v) is 1.71. The molecule has 0 spiro atoms. The summed E-state index contributed by atoms with van der Waals surface area (Å²) in [6.45, 7) is 6.10. The lowest BCUT2D eigenvalue weighted by Crippen LogP contribution is -2.23. The van der Waals surface area contributed by atoms with Crippen LogP contribution in [0.1, 0.15) is 27.2 Å². The van der Waals surface area contributed by atoms with Gasteiger partial charge in [-0.15, -0.1) is 0 Å². The highest BCUT2D eigenvalue weighted by molar-refractivity contribution is 5.72. The summed E-state index contributed by atoms with van der Waals surface area (Å²) in [4.78, 5) is 11.2. The summed E-state index contributed by atoms with van der Waals surface area (Å²) in [5, 5.41) is 0. The Kier molecular flexibility index (Phi) is 5.72. The van der Waals surface area contributed by atoms with Crippen molar-refractivity contribution in [3.63, 3.8) is 0 Å². The monoisotopic (exact) mass is 174 g/mol. The fourth-order valence-corrected chi connectivity index (χ4v) is 0.716. The summed E-state index contributed by atoms with van der Waals surface area (Å²) >= 11 is 0. The molecule has 2 atom stereocenters. The molecule has 0 fully saturated rings. The van der Waals surface area contributed by atoms with Crippen LogP contribution in [-0.2, 0) is 14.3 Å². The van der Waals surface area contributed by atoms with Crippen LogP contribution >= 0.6 is 0 Å². The van der Waals surface area contributed by atoms with Gasteiger partial charge in [0, 0.05) is 7.11 Å². The fourth-order valence-electron chi connectivity index (χ4n) is 0.716. The number of hydrogen-bond acceptors (Lipinski definition) is 3. The molecule has 3 heteroatoms. The van der Waals surface area contributed by atoms with Crippen molar-refractivity contribution in [1.82, 2.24) is 0 Å². The Morgan fingerprint density at radius 3 is 2.42 bits per heavy atom. The Hall–Kier alpha value is -0.570. The Balaban J connectivity index is 3.70. The molecule has 12 heavy (non-hydrogen) atoms. The predicted molar refractivity (Wildman–Crippen MR) is 46.9 cm³/mol. The van der Waals surface area contributed by atoms with Crippen LogP contribution in [0, 0.1) is 5.92 Å². The standard InChI is InChI=1S/C9H18O3/c1-5-8(3)12-9(10)7(2)6-11-4/h7-8H,5-6H2,1-4H3. The smallest absolute Gasteiger partial charge is 0.311 e. The van der Waals surface area contributed by atoms with Crippen molar-refractivity contribution in [1.29, 1.82) is 0 Å². The molecule has 2 unspecified atom stereocenters. The zero-order valence-electron chi connectivity index (χ0n) is 8.29. The van der Waals surface area contributed by atoms with E-state index in [9.17, 15) is 4.79 Å². The van der Waals surface area contributed by atoms with Crippen molar-refractivity contribution in [3.05, 3.63) is 0 Å². The van der Waals surface area contributed by atoms with Gasteiger partial charge in [-0.25, -0.2) is 0 Å². The van der Waals surface area contributed by atoms with Crippen LogP contribution in [0.5, 0.6) is 0 Å². The van der Waals surface area contributed by atoms with Crippen molar-refractivity contribution in [2.45, 2.75) is 33.3 Å². The number of esters is 1. The zero-order chi connectivity index (χ0) is 9.56. The lowest BCUT2D eigenvalue weighted by Gasteiger charge is -2.14. The van der Waals surface area contributed by atoms with Gasteiger partial charge >= 0.3 is 5.97 Å². The third-order valence-electron chi connectivity index (χ3n) is 1.71. The van der Waals surface area contributed by atoms with E-state index in [1.807, 2.05) is 13.8 Å². The van der Waals surface area contributed by atoms with E-state index in [0.29, 0.717) is 6.61 Å². The van der Waals surface area contributed by atoms with E-state index in [1.54, 1.807) is 14.0 Å². The molecule has 0 radical (unpaired) electrons. The molecule has 0 amide bonds. The van der Waals surface area contributed by atoms with Crippen molar-refractivity contribution >= 4 is 5.97 Å². The van der Waals surface area contributed by atoms with Crippen molar-refractivity contribution in [3.8, 4) is 0 Å². The van der Waals surface area contributed by atoms with Crippen LogP contribution in [0.4, 0.5) is 0 Å². The van der Waals surface area contributed by atoms with E-state index < -0.39 is 0 Å². The summed E-state index contributed by atoms with van der Waals surface area (Å²) in [6.07, 6.45) is 0.864. The Labute approximate surface area is 74.0 Å². The first-order chi connectivity index (χ1) is 5.61. The average molecular weight is 174 g/mol. The Morgan fingerprint density at radius 1 is 1.42 bits per heavy atom. The summed E-state index contributed by atoms with van der Waals surface area (Å²) < 4.78 is 9.93. The Morgan fingerprint density at radius 2 is 2.00 bits per heavy atom. The minimum absolute atomic E-state index is 0.0109. The normalized spacial score (nSPS) is 15.3. The number of ether oxygens (including phenoxy) is 2.